The quantitative estimate of drug-likeness (QED) is 0.858. The number of ether oxygens (including phenoxy) is 1. The zero-order valence-corrected chi connectivity index (χ0v) is 12.7. The highest BCUT2D eigenvalue weighted by Gasteiger charge is 2.36. The lowest BCUT2D eigenvalue weighted by Crippen LogP contribution is -2.54. The van der Waals surface area contributed by atoms with Gasteiger partial charge < -0.3 is 9.84 Å². The molecule has 1 aliphatic rings. The fourth-order valence-electron chi connectivity index (χ4n) is 2.03. The van der Waals surface area contributed by atoms with E-state index in [0.717, 1.165) is 0 Å². The van der Waals surface area contributed by atoms with Gasteiger partial charge in [0.05, 0.1) is 17.0 Å². The van der Waals surface area contributed by atoms with Crippen LogP contribution in [0, 0.1) is 0 Å². The molecule has 1 fully saturated rings. The molecule has 2 N–H and O–H groups in total. The van der Waals surface area contributed by atoms with Gasteiger partial charge in [0.15, 0.2) is 0 Å². The van der Waals surface area contributed by atoms with Crippen molar-refractivity contribution >= 4 is 26.0 Å². The second-order valence-corrected chi connectivity index (χ2v) is 7.21. The molecular formula is C12H16BrNO4S. The second kappa shape index (κ2) is 5.88. The Hall–Kier alpha value is -0.470. The summed E-state index contributed by atoms with van der Waals surface area (Å²) in [6.07, 6.45) is 0.938. The average molecular weight is 350 g/mol. The van der Waals surface area contributed by atoms with Crippen molar-refractivity contribution in [1.82, 2.24) is 4.72 Å². The third-order valence-corrected chi connectivity index (χ3v) is 5.28. The zero-order chi connectivity index (χ0) is 13.9. The van der Waals surface area contributed by atoms with Gasteiger partial charge in [-0.15, -0.1) is 0 Å². The van der Waals surface area contributed by atoms with Crippen LogP contribution >= 0.6 is 15.9 Å². The molecule has 0 unspecified atom stereocenters. The lowest BCUT2D eigenvalue weighted by molar-refractivity contribution is 0.0223. The fraction of sp³-hybridized carbons (Fsp3) is 0.500. The van der Waals surface area contributed by atoms with Crippen LogP contribution in [0.25, 0.3) is 0 Å². The van der Waals surface area contributed by atoms with E-state index in [2.05, 4.69) is 20.7 Å². The van der Waals surface area contributed by atoms with Crippen molar-refractivity contribution in [1.29, 1.82) is 0 Å². The van der Waals surface area contributed by atoms with Crippen molar-refractivity contribution in [3.8, 4) is 0 Å². The largest absolute Gasteiger partial charge is 0.394 e. The summed E-state index contributed by atoms with van der Waals surface area (Å²) in [6.45, 7) is 0.659. The van der Waals surface area contributed by atoms with E-state index < -0.39 is 15.6 Å². The summed E-state index contributed by atoms with van der Waals surface area (Å²) in [4.78, 5) is 0.182. The van der Waals surface area contributed by atoms with E-state index in [1.807, 2.05) is 0 Å². The molecule has 0 aliphatic carbocycles. The number of hydrogen-bond donors (Lipinski definition) is 2. The molecule has 7 heteroatoms. The van der Waals surface area contributed by atoms with Crippen LogP contribution in [-0.2, 0) is 14.8 Å². The number of hydrogen-bond acceptors (Lipinski definition) is 4. The fourth-order valence-corrected chi connectivity index (χ4v) is 4.08. The van der Waals surface area contributed by atoms with Crippen molar-refractivity contribution in [2.45, 2.75) is 23.3 Å². The maximum Gasteiger partial charge on any atom is 0.241 e. The number of benzene rings is 1. The van der Waals surface area contributed by atoms with Gasteiger partial charge in [-0.2, -0.15) is 0 Å². The van der Waals surface area contributed by atoms with Crippen molar-refractivity contribution in [3.05, 3.63) is 28.7 Å². The predicted octanol–water partition coefficient (Wildman–Crippen LogP) is 1.27. The van der Waals surface area contributed by atoms with Crippen molar-refractivity contribution in [3.63, 3.8) is 0 Å². The second-order valence-electron chi connectivity index (χ2n) is 4.61. The summed E-state index contributed by atoms with van der Waals surface area (Å²) in [5.41, 5.74) is -0.820. The van der Waals surface area contributed by atoms with E-state index in [4.69, 9.17) is 4.74 Å². The average Bonchev–Trinajstić information content (AvgIpc) is 2.39. The van der Waals surface area contributed by atoms with Gasteiger partial charge in [-0.25, -0.2) is 13.1 Å². The van der Waals surface area contributed by atoms with Crippen LogP contribution in [0.3, 0.4) is 0 Å². The number of nitrogens with one attached hydrogen (secondary N) is 1. The molecule has 19 heavy (non-hydrogen) atoms. The third kappa shape index (κ3) is 3.55. The third-order valence-electron chi connectivity index (χ3n) is 3.21. The van der Waals surface area contributed by atoms with E-state index in [9.17, 15) is 13.5 Å². The Morgan fingerprint density at radius 3 is 2.63 bits per heavy atom. The van der Waals surface area contributed by atoms with Crippen molar-refractivity contribution in [2.75, 3.05) is 19.8 Å². The summed E-state index contributed by atoms with van der Waals surface area (Å²) < 4.78 is 33.2. The van der Waals surface area contributed by atoms with Crippen LogP contribution in [0.5, 0.6) is 0 Å². The monoisotopic (exact) mass is 349 g/mol. The highest BCUT2D eigenvalue weighted by molar-refractivity contribution is 9.10. The van der Waals surface area contributed by atoms with Gasteiger partial charge >= 0.3 is 0 Å². The zero-order valence-electron chi connectivity index (χ0n) is 10.3. The summed E-state index contributed by atoms with van der Waals surface area (Å²) in [5.74, 6) is 0. The van der Waals surface area contributed by atoms with Crippen LogP contribution in [-0.4, -0.2) is 38.9 Å². The minimum atomic E-state index is -3.65. The van der Waals surface area contributed by atoms with Gasteiger partial charge in [0.1, 0.15) is 0 Å². The van der Waals surface area contributed by atoms with E-state index in [0.29, 0.717) is 30.5 Å². The summed E-state index contributed by atoms with van der Waals surface area (Å²) in [5, 5.41) is 9.51. The molecule has 2 rings (SSSR count). The molecule has 1 aromatic carbocycles. The molecule has 1 saturated heterocycles. The molecule has 1 aromatic rings. The van der Waals surface area contributed by atoms with E-state index in [-0.39, 0.29) is 11.5 Å². The van der Waals surface area contributed by atoms with Crippen LogP contribution in [0.2, 0.25) is 0 Å². The molecule has 0 radical (unpaired) electrons. The number of sulfonamides is 1. The van der Waals surface area contributed by atoms with Crippen LogP contribution < -0.4 is 4.72 Å². The molecule has 106 valence electrons. The molecule has 1 aliphatic heterocycles. The SMILES string of the molecule is O=S(=O)(NC1(CO)CCOCC1)c1cccc(Br)c1. The predicted molar refractivity (Wildman–Crippen MR) is 74.3 cm³/mol. The minimum Gasteiger partial charge on any atom is -0.394 e. The van der Waals surface area contributed by atoms with E-state index in [1.54, 1.807) is 12.1 Å². The summed E-state index contributed by atoms with van der Waals surface area (Å²) in [7, 11) is -3.65. The molecule has 1 heterocycles. The minimum absolute atomic E-state index is 0.182. The van der Waals surface area contributed by atoms with Crippen LogP contribution in [0.4, 0.5) is 0 Å². The number of aliphatic hydroxyl groups is 1. The smallest absolute Gasteiger partial charge is 0.241 e. The Labute approximate surface area is 121 Å². The summed E-state index contributed by atoms with van der Waals surface area (Å²) in [6, 6.07) is 6.48. The molecule has 0 saturated carbocycles. The Bertz CT molecular complexity index is 540. The standard InChI is InChI=1S/C12H16BrNO4S/c13-10-2-1-3-11(8-10)19(16,17)14-12(9-15)4-6-18-7-5-12/h1-3,8,14-15H,4-7,9H2. The van der Waals surface area contributed by atoms with E-state index in [1.165, 1.54) is 12.1 Å². The first-order chi connectivity index (χ1) is 8.97. The molecule has 0 bridgehead atoms. The van der Waals surface area contributed by atoms with Gasteiger partial charge in [-0.3, -0.25) is 0 Å². The molecule has 0 aromatic heterocycles. The maximum absolute atomic E-state index is 12.3. The van der Waals surface area contributed by atoms with Crippen molar-refractivity contribution in [2.24, 2.45) is 0 Å². The molecule has 0 amide bonds. The highest BCUT2D eigenvalue weighted by atomic mass is 79.9. The Kier molecular flexibility index (Phi) is 4.62. The van der Waals surface area contributed by atoms with Crippen LogP contribution in [0.15, 0.2) is 33.6 Å². The Balaban J connectivity index is 2.25. The van der Waals surface area contributed by atoms with Gasteiger partial charge in [0, 0.05) is 17.7 Å². The number of rotatable bonds is 4. The topological polar surface area (TPSA) is 75.6 Å². The van der Waals surface area contributed by atoms with Gasteiger partial charge in [-0.1, -0.05) is 22.0 Å². The lowest BCUT2D eigenvalue weighted by Gasteiger charge is -2.35. The first-order valence-electron chi connectivity index (χ1n) is 5.96. The molecule has 0 spiro atoms. The highest BCUT2D eigenvalue weighted by Crippen LogP contribution is 2.24. The normalized spacial score (nSPS) is 19.3. The van der Waals surface area contributed by atoms with Gasteiger partial charge in [-0.05, 0) is 31.0 Å². The Morgan fingerprint density at radius 2 is 2.05 bits per heavy atom. The van der Waals surface area contributed by atoms with Gasteiger partial charge in [0.25, 0.3) is 0 Å². The molecule has 5 nitrogen and oxygen atoms in total. The van der Waals surface area contributed by atoms with E-state index >= 15 is 0 Å². The Morgan fingerprint density at radius 1 is 1.37 bits per heavy atom. The summed E-state index contributed by atoms with van der Waals surface area (Å²) >= 11 is 3.25. The number of aliphatic hydroxyl groups excluding tert-OH is 1. The van der Waals surface area contributed by atoms with Crippen LogP contribution in [0.1, 0.15) is 12.8 Å². The maximum atomic E-state index is 12.3. The lowest BCUT2D eigenvalue weighted by atomic mass is 9.93. The molecule has 0 atom stereocenters. The van der Waals surface area contributed by atoms with Gasteiger partial charge in [0.2, 0.25) is 10.0 Å². The van der Waals surface area contributed by atoms with Crippen molar-refractivity contribution < 1.29 is 18.3 Å². The first-order valence-corrected chi connectivity index (χ1v) is 8.23. The molecular weight excluding hydrogens is 334 g/mol. The number of halogens is 1. The first kappa shape index (κ1) is 14.9.